The van der Waals surface area contributed by atoms with Crippen molar-refractivity contribution in [2.45, 2.75) is 40.5 Å². The fourth-order valence-electron chi connectivity index (χ4n) is 2.71. The Bertz CT molecular complexity index is 739. The van der Waals surface area contributed by atoms with Crippen molar-refractivity contribution in [3.8, 4) is 5.75 Å². The highest BCUT2D eigenvalue weighted by Gasteiger charge is 2.07. The number of aryl methyl sites for hydroxylation is 3. The van der Waals surface area contributed by atoms with Gasteiger partial charge in [0.25, 0.3) is 5.91 Å². The van der Waals surface area contributed by atoms with Crippen molar-refractivity contribution >= 4 is 12.1 Å². The van der Waals surface area contributed by atoms with Crippen LogP contribution in [0.15, 0.2) is 41.5 Å². The molecule has 1 N–H and O–H groups in total. The van der Waals surface area contributed by atoms with Gasteiger partial charge in [0.1, 0.15) is 5.75 Å². The molecule has 132 valence electrons. The van der Waals surface area contributed by atoms with E-state index >= 15 is 0 Å². The van der Waals surface area contributed by atoms with Crippen LogP contribution in [0.2, 0.25) is 0 Å². The molecule has 4 heteroatoms. The SMILES string of the molecule is Cc1cc(C)c(OCC(=O)N/N=C/c2ccc(C(C)C)cc2)c(C)c1. The molecule has 2 aromatic rings. The second-order valence-corrected chi connectivity index (χ2v) is 6.63. The van der Waals surface area contributed by atoms with E-state index in [9.17, 15) is 4.79 Å². The van der Waals surface area contributed by atoms with E-state index < -0.39 is 0 Å². The van der Waals surface area contributed by atoms with Gasteiger partial charge in [-0.2, -0.15) is 5.10 Å². The third-order valence-electron chi connectivity index (χ3n) is 3.96. The number of nitrogens with one attached hydrogen (secondary N) is 1. The largest absolute Gasteiger partial charge is 0.483 e. The first-order valence-corrected chi connectivity index (χ1v) is 8.49. The number of carbonyl (C=O) groups is 1. The van der Waals surface area contributed by atoms with Crippen LogP contribution < -0.4 is 10.2 Å². The smallest absolute Gasteiger partial charge is 0.277 e. The van der Waals surface area contributed by atoms with Crippen LogP contribution in [-0.2, 0) is 4.79 Å². The molecule has 2 aromatic carbocycles. The van der Waals surface area contributed by atoms with Crippen molar-refractivity contribution in [2.24, 2.45) is 5.10 Å². The number of amides is 1. The standard InChI is InChI=1S/C21H26N2O2/c1-14(2)19-8-6-18(7-9-19)12-22-23-20(24)13-25-21-16(4)10-15(3)11-17(21)5/h6-12,14H,13H2,1-5H3,(H,23,24)/b22-12+. The number of benzene rings is 2. The van der Waals surface area contributed by atoms with Gasteiger partial charge in [0, 0.05) is 0 Å². The molecule has 0 heterocycles. The van der Waals surface area contributed by atoms with Gasteiger partial charge in [-0.05, 0) is 48.9 Å². The molecule has 0 atom stereocenters. The number of ether oxygens (including phenoxy) is 1. The molecule has 0 radical (unpaired) electrons. The molecular weight excluding hydrogens is 312 g/mol. The van der Waals surface area contributed by atoms with E-state index in [0.29, 0.717) is 5.92 Å². The molecule has 4 nitrogen and oxygen atoms in total. The number of hydrazone groups is 1. The van der Waals surface area contributed by atoms with Gasteiger partial charge in [0.2, 0.25) is 0 Å². The molecule has 0 aliphatic rings. The average molecular weight is 338 g/mol. The number of nitrogens with zero attached hydrogens (tertiary/aromatic N) is 1. The van der Waals surface area contributed by atoms with Crippen molar-refractivity contribution in [1.29, 1.82) is 0 Å². The Kier molecular flexibility index (Phi) is 6.34. The summed E-state index contributed by atoms with van der Waals surface area (Å²) in [5.41, 5.74) is 7.95. The van der Waals surface area contributed by atoms with Gasteiger partial charge in [0.15, 0.2) is 6.61 Å². The number of hydrogen-bond donors (Lipinski definition) is 1. The molecule has 0 aromatic heterocycles. The molecule has 0 bridgehead atoms. The molecule has 0 saturated heterocycles. The summed E-state index contributed by atoms with van der Waals surface area (Å²) in [6.45, 7) is 10.2. The maximum Gasteiger partial charge on any atom is 0.277 e. The van der Waals surface area contributed by atoms with E-state index in [2.05, 4.69) is 36.5 Å². The van der Waals surface area contributed by atoms with E-state index in [-0.39, 0.29) is 12.5 Å². The maximum atomic E-state index is 11.9. The molecule has 0 spiro atoms. The lowest BCUT2D eigenvalue weighted by atomic mass is 10.0. The van der Waals surface area contributed by atoms with E-state index in [1.807, 2.05) is 45.0 Å². The van der Waals surface area contributed by atoms with Gasteiger partial charge in [-0.3, -0.25) is 4.79 Å². The molecule has 0 aliphatic carbocycles. The van der Waals surface area contributed by atoms with Crippen molar-refractivity contribution in [2.75, 3.05) is 6.61 Å². The van der Waals surface area contributed by atoms with E-state index in [1.54, 1.807) is 6.21 Å². The highest BCUT2D eigenvalue weighted by Crippen LogP contribution is 2.24. The summed E-state index contributed by atoms with van der Waals surface area (Å²) >= 11 is 0. The van der Waals surface area contributed by atoms with Crippen LogP contribution in [0.1, 0.15) is 47.6 Å². The zero-order chi connectivity index (χ0) is 18.4. The molecule has 1 amide bonds. The Morgan fingerprint density at radius 2 is 1.72 bits per heavy atom. The third kappa shape index (κ3) is 5.45. The fraction of sp³-hybridized carbons (Fsp3) is 0.333. The Morgan fingerprint density at radius 1 is 1.12 bits per heavy atom. The maximum absolute atomic E-state index is 11.9. The lowest BCUT2D eigenvalue weighted by molar-refractivity contribution is -0.123. The zero-order valence-corrected chi connectivity index (χ0v) is 15.6. The summed E-state index contributed by atoms with van der Waals surface area (Å²) in [7, 11) is 0. The first-order chi connectivity index (χ1) is 11.9. The Balaban J connectivity index is 1.86. The van der Waals surface area contributed by atoms with Crippen molar-refractivity contribution in [3.63, 3.8) is 0 Å². The summed E-state index contributed by atoms with van der Waals surface area (Å²) in [6, 6.07) is 12.2. The first kappa shape index (κ1) is 18.7. The van der Waals surface area contributed by atoms with Crippen LogP contribution in [0.3, 0.4) is 0 Å². The third-order valence-corrected chi connectivity index (χ3v) is 3.96. The zero-order valence-electron chi connectivity index (χ0n) is 15.6. The normalized spacial score (nSPS) is 11.1. The summed E-state index contributed by atoms with van der Waals surface area (Å²) in [5.74, 6) is 0.972. The van der Waals surface area contributed by atoms with Crippen LogP contribution >= 0.6 is 0 Å². The predicted octanol–water partition coefficient (Wildman–Crippen LogP) is 4.26. The molecule has 0 unspecified atom stereocenters. The second kappa shape index (κ2) is 8.47. The molecule has 0 aliphatic heterocycles. The molecule has 2 rings (SSSR count). The van der Waals surface area contributed by atoms with Gasteiger partial charge < -0.3 is 4.74 Å². The lowest BCUT2D eigenvalue weighted by Gasteiger charge is -2.12. The topological polar surface area (TPSA) is 50.7 Å². The summed E-state index contributed by atoms with van der Waals surface area (Å²) in [6.07, 6.45) is 1.63. The van der Waals surface area contributed by atoms with Crippen molar-refractivity contribution < 1.29 is 9.53 Å². The Labute approximate surface area is 149 Å². The van der Waals surface area contributed by atoms with Gasteiger partial charge in [-0.1, -0.05) is 55.8 Å². The fourth-order valence-corrected chi connectivity index (χ4v) is 2.71. The number of rotatable bonds is 6. The minimum Gasteiger partial charge on any atom is -0.483 e. The number of carbonyl (C=O) groups excluding carboxylic acids is 1. The quantitative estimate of drug-likeness (QED) is 0.632. The van der Waals surface area contributed by atoms with Crippen LogP contribution in [0, 0.1) is 20.8 Å². The Hall–Kier alpha value is -2.62. The molecule has 0 saturated carbocycles. The number of hydrogen-bond acceptors (Lipinski definition) is 3. The Morgan fingerprint density at radius 3 is 2.28 bits per heavy atom. The van der Waals surface area contributed by atoms with Crippen molar-refractivity contribution in [3.05, 3.63) is 64.2 Å². The van der Waals surface area contributed by atoms with Gasteiger partial charge in [-0.25, -0.2) is 5.43 Å². The van der Waals surface area contributed by atoms with E-state index in [4.69, 9.17) is 4.74 Å². The molecule has 0 fully saturated rings. The van der Waals surface area contributed by atoms with Gasteiger partial charge in [-0.15, -0.1) is 0 Å². The van der Waals surface area contributed by atoms with Crippen LogP contribution in [-0.4, -0.2) is 18.7 Å². The van der Waals surface area contributed by atoms with E-state index in [1.165, 1.54) is 11.1 Å². The summed E-state index contributed by atoms with van der Waals surface area (Å²) in [4.78, 5) is 11.9. The molecule has 25 heavy (non-hydrogen) atoms. The van der Waals surface area contributed by atoms with Crippen LogP contribution in [0.5, 0.6) is 5.75 Å². The lowest BCUT2D eigenvalue weighted by Crippen LogP contribution is -2.25. The first-order valence-electron chi connectivity index (χ1n) is 8.49. The monoisotopic (exact) mass is 338 g/mol. The summed E-state index contributed by atoms with van der Waals surface area (Å²) in [5, 5.41) is 3.98. The van der Waals surface area contributed by atoms with Crippen molar-refractivity contribution in [1.82, 2.24) is 5.43 Å². The second-order valence-electron chi connectivity index (χ2n) is 6.63. The highest BCUT2D eigenvalue weighted by atomic mass is 16.5. The van der Waals surface area contributed by atoms with Crippen LogP contribution in [0.25, 0.3) is 0 Å². The predicted molar refractivity (Wildman–Crippen MR) is 102 cm³/mol. The minimum atomic E-state index is -0.283. The van der Waals surface area contributed by atoms with Crippen LogP contribution in [0.4, 0.5) is 0 Å². The minimum absolute atomic E-state index is 0.0611. The van der Waals surface area contributed by atoms with Gasteiger partial charge >= 0.3 is 0 Å². The highest BCUT2D eigenvalue weighted by molar-refractivity contribution is 5.83. The summed E-state index contributed by atoms with van der Waals surface area (Å²) < 4.78 is 5.64. The average Bonchev–Trinajstić information content (AvgIpc) is 2.54. The van der Waals surface area contributed by atoms with Gasteiger partial charge in [0.05, 0.1) is 6.21 Å². The molecular formula is C21H26N2O2. The van der Waals surface area contributed by atoms with E-state index in [0.717, 1.165) is 22.4 Å².